The molecule has 1 amide bonds. The maximum atomic E-state index is 13.0. The second-order valence-corrected chi connectivity index (χ2v) is 7.56. The van der Waals surface area contributed by atoms with Crippen molar-refractivity contribution >= 4 is 28.3 Å². The van der Waals surface area contributed by atoms with Crippen LogP contribution in [0.1, 0.15) is 24.2 Å². The molecule has 0 aliphatic heterocycles. The molecule has 1 heterocycles. The van der Waals surface area contributed by atoms with Gasteiger partial charge in [-0.15, -0.1) is 0 Å². The first-order chi connectivity index (χ1) is 16.1. The van der Waals surface area contributed by atoms with Crippen LogP contribution in [0, 0.1) is 0 Å². The number of benzene rings is 3. The lowest BCUT2D eigenvalue weighted by atomic mass is 10.1. The number of hydrogen-bond donors (Lipinski definition) is 2. The summed E-state index contributed by atoms with van der Waals surface area (Å²) in [6.45, 7) is 5.80. The van der Waals surface area contributed by atoms with Crippen molar-refractivity contribution < 1.29 is 14.3 Å². The number of ether oxygens (including phenoxy) is 2. The van der Waals surface area contributed by atoms with Crippen LogP contribution in [-0.4, -0.2) is 43.2 Å². The Kier molecular flexibility index (Phi) is 6.49. The number of anilines is 2. The zero-order valence-electron chi connectivity index (χ0n) is 19.3. The van der Waals surface area contributed by atoms with Crippen molar-refractivity contribution in [3.8, 4) is 22.9 Å². The summed E-state index contributed by atoms with van der Waals surface area (Å²) >= 11 is 0. The zero-order chi connectivity index (χ0) is 23.4. The van der Waals surface area contributed by atoms with Crippen molar-refractivity contribution in [3.05, 3.63) is 66.2 Å². The van der Waals surface area contributed by atoms with Crippen LogP contribution in [0.25, 0.3) is 22.4 Å². The molecule has 3 aromatic carbocycles. The highest BCUT2D eigenvalue weighted by Crippen LogP contribution is 2.33. The van der Waals surface area contributed by atoms with Gasteiger partial charge in [-0.2, -0.15) is 0 Å². The molecule has 0 aliphatic rings. The number of amides is 1. The average molecular weight is 445 g/mol. The van der Waals surface area contributed by atoms with Crippen molar-refractivity contribution in [2.75, 3.05) is 37.5 Å². The molecule has 0 unspecified atom stereocenters. The number of aromatic amines is 1. The molecule has 0 aliphatic carbocycles. The van der Waals surface area contributed by atoms with Crippen LogP contribution >= 0.6 is 0 Å². The largest absolute Gasteiger partial charge is 0.497 e. The minimum atomic E-state index is -0.180. The highest BCUT2D eigenvalue weighted by Gasteiger charge is 2.16. The van der Waals surface area contributed by atoms with Crippen LogP contribution < -0.4 is 19.7 Å². The van der Waals surface area contributed by atoms with Gasteiger partial charge in [0.05, 0.1) is 36.6 Å². The van der Waals surface area contributed by atoms with Crippen LogP contribution in [0.2, 0.25) is 0 Å². The zero-order valence-corrected chi connectivity index (χ0v) is 19.3. The summed E-state index contributed by atoms with van der Waals surface area (Å²) in [7, 11) is 3.25. The number of imidazole rings is 1. The normalized spacial score (nSPS) is 10.8. The highest BCUT2D eigenvalue weighted by atomic mass is 16.5. The summed E-state index contributed by atoms with van der Waals surface area (Å²) in [5.74, 6) is 2.08. The van der Waals surface area contributed by atoms with Gasteiger partial charge in [0.25, 0.3) is 5.91 Å². The summed E-state index contributed by atoms with van der Waals surface area (Å²) < 4.78 is 10.4. The quantitative estimate of drug-likeness (QED) is 0.383. The Balaban J connectivity index is 1.72. The first-order valence-electron chi connectivity index (χ1n) is 10.9. The molecule has 170 valence electrons. The molecule has 7 nitrogen and oxygen atoms in total. The molecule has 0 atom stereocenters. The number of rotatable bonds is 8. The number of carbonyl (C=O) groups is 1. The SMILES string of the molecule is CCN(CC)c1cc2nc(-c3ccc(OC)cc3)[nH]c2cc1NC(=O)c1ccc(OC)cc1. The van der Waals surface area contributed by atoms with E-state index in [1.165, 1.54) is 0 Å². The van der Waals surface area contributed by atoms with Gasteiger partial charge in [0.1, 0.15) is 17.3 Å². The predicted octanol–water partition coefficient (Wildman–Crippen LogP) is 5.35. The van der Waals surface area contributed by atoms with Crippen LogP contribution in [-0.2, 0) is 0 Å². The van der Waals surface area contributed by atoms with E-state index in [9.17, 15) is 4.79 Å². The number of nitrogens with zero attached hydrogens (tertiary/aromatic N) is 2. The maximum Gasteiger partial charge on any atom is 0.255 e. The van der Waals surface area contributed by atoms with Crippen molar-refractivity contribution in [2.24, 2.45) is 0 Å². The molecule has 7 heteroatoms. The maximum absolute atomic E-state index is 13.0. The molecule has 0 saturated carbocycles. The standard InChI is InChI=1S/C26H28N4O3/c1-5-30(6-2)24-16-22-21(27-25(28-22)17-7-11-19(32-3)12-8-17)15-23(24)29-26(31)18-9-13-20(33-4)14-10-18/h7-16H,5-6H2,1-4H3,(H,27,28)(H,29,31). The molecular weight excluding hydrogens is 416 g/mol. The van der Waals surface area contributed by atoms with Gasteiger partial charge in [0.2, 0.25) is 0 Å². The van der Waals surface area contributed by atoms with Crippen LogP contribution in [0.3, 0.4) is 0 Å². The molecule has 0 saturated heterocycles. The first kappa shape index (κ1) is 22.2. The molecule has 0 radical (unpaired) electrons. The van der Waals surface area contributed by atoms with E-state index in [-0.39, 0.29) is 5.91 Å². The molecule has 33 heavy (non-hydrogen) atoms. The topological polar surface area (TPSA) is 79.5 Å². The lowest BCUT2D eigenvalue weighted by Gasteiger charge is -2.24. The molecule has 0 spiro atoms. The Hall–Kier alpha value is -4.00. The van der Waals surface area contributed by atoms with Crippen molar-refractivity contribution in [1.82, 2.24) is 9.97 Å². The van der Waals surface area contributed by atoms with Gasteiger partial charge < -0.3 is 24.7 Å². The number of fused-ring (bicyclic) bond motifs is 1. The average Bonchev–Trinajstić information content (AvgIpc) is 3.28. The fraction of sp³-hybridized carbons (Fsp3) is 0.231. The summed E-state index contributed by atoms with van der Waals surface area (Å²) in [5.41, 5.74) is 4.87. The molecule has 2 N–H and O–H groups in total. The van der Waals surface area contributed by atoms with E-state index in [1.807, 2.05) is 36.4 Å². The van der Waals surface area contributed by atoms with Crippen molar-refractivity contribution in [3.63, 3.8) is 0 Å². The number of methoxy groups -OCH3 is 2. The van der Waals surface area contributed by atoms with Crippen LogP contribution in [0.15, 0.2) is 60.7 Å². The lowest BCUT2D eigenvalue weighted by molar-refractivity contribution is 0.102. The Morgan fingerprint density at radius 3 is 2.12 bits per heavy atom. The second-order valence-electron chi connectivity index (χ2n) is 7.56. The number of H-pyrrole nitrogens is 1. The smallest absolute Gasteiger partial charge is 0.255 e. The fourth-order valence-corrected chi connectivity index (χ4v) is 3.79. The summed E-state index contributed by atoms with van der Waals surface area (Å²) in [6, 6.07) is 18.8. The van der Waals surface area contributed by atoms with Gasteiger partial charge in [-0.05, 0) is 74.5 Å². The van der Waals surface area contributed by atoms with Crippen LogP contribution in [0.5, 0.6) is 11.5 Å². The molecule has 0 fully saturated rings. The molecule has 4 rings (SSSR count). The van der Waals surface area contributed by atoms with Gasteiger partial charge in [0, 0.05) is 24.2 Å². The third-order valence-corrected chi connectivity index (χ3v) is 5.67. The van der Waals surface area contributed by atoms with E-state index >= 15 is 0 Å². The van der Waals surface area contributed by atoms with Gasteiger partial charge in [-0.25, -0.2) is 4.98 Å². The number of aromatic nitrogens is 2. The van der Waals surface area contributed by atoms with E-state index in [2.05, 4.69) is 29.0 Å². The lowest BCUT2D eigenvalue weighted by Crippen LogP contribution is -2.24. The number of hydrogen-bond acceptors (Lipinski definition) is 5. The first-order valence-corrected chi connectivity index (χ1v) is 10.9. The third kappa shape index (κ3) is 4.62. The monoisotopic (exact) mass is 444 g/mol. The fourth-order valence-electron chi connectivity index (χ4n) is 3.79. The van der Waals surface area contributed by atoms with E-state index in [4.69, 9.17) is 14.5 Å². The van der Waals surface area contributed by atoms with E-state index in [0.717, 1.165) is 52.6 Å². The minimum absolute atomic E-state index is 0.180. The van der Waals surface area contributed by atoms with Gasteiger partial charge in [0.15, 0.2) is 0 Å². The third-order valence-electron chi connectivity index (χ3n) is 5.67. The number of carbonyl (C=O) groups excluding carboxylic acids is 1. The van der Waals surface area contributed by atoms with E-state index in [0.29, 0.717) is 11.3 Å². The van der Waals surface area contributed by atoms with Gasteiger partial charge in [-0.3, -0.25) is 4.79 Å². The highest BCUT2D eigenvalue weighted by molar-refractivity contribution is 6.07. The minimum Gasteiger partial charge on any atom is -0.497 e. The summed E-state index contributed by atoms with van der Waals surface area (Å²) in [5, 5.41) is 3.08. The van der Waals surface area contributed by atoms with E-state index in [1.54, 1.807) is 38.5 Å². The summed E-state index contributed by atoms with van der Waals surface area (Å²) in [6.07, 6.45) is 0. The van der Waals surface area contributed by atoms with E-state index < -0.39 is 0 Å². The van der Waals surface area contributed by atoms with Crippen molar-refractivity contribution in [2.45, 2.75) is 13.8 Å². The Morgan fingerprint density at radius 1 is 0.939 bits per heavy atom. The van der Waals surface area contributed by atoms with Gasteiger partial charge in [-0.1, -0.05) is 0 Å². The Morgan fingerprint density at radius 2 is 1.55 bits per heavy atom. The van der Waals surface area contributed by atoms with Crippen molar-refractivity contribution in [1.29, 1.82) is 0 Å². The summed E-state index contributed by atoms with van der Waals surface area (Å²) in [4.78, 5) is 23.4. The molecular formula is C26H28N4O3. The molecule has 0 bridgehead atoms. The Labute approximate surface area is 193 Å². The van der Waals surface area contributed by atoms with Gasteiger partial charge >= 0.3 is 0 Å². The molecule has 1 aromatic heterocycles. The number of nitrogens with one attached hydrogen (secondary N) is 2. The predicted molar refractivity (Wildman–Crippen MR) is 133 cm³/mol. The second kappa shape index (κ2) is 9.65. The molecule has 4 aromatic rings. The Bertz CT molecular complexity index is 1240. The van der Waals surface area contributed by atoms with Crippen LogP contribution in [0.4, 0.5) is 11.4 Å².